The summed E-state index contributed by atoms with van der Waals surface area (Å²) in [6.07, 6.45) is 2.48. The van der Waals surface area contributed by atoms with E-state index in [1.165, 1.54) is 12.8 Å². The van der Waals surface area contributed by atoms with Gasteiger partial charge in [0, 0.05) is 13.1 Å². The maximum Gasteiger partial charge on any atom is 0.147 e. The average Bonchev–Trinajstić information content (AvgIpc) is 2.29. The largest absolute Gasteiger partial charge is 0.394 e. The highest BCUT2D eigenvalue weighted by atomic mass is 15.3. The number of nitrogens with zero attached hydrogens (tertiary/aromatic N) is 2. The number of aryl methyl sites for hydroxylation is 2. The quantitative estimate of drug-likeness (QED) is 0.750. The molecule has 0 atom stereocenters. The monoisotopic (exact) mass is 194 g/mol. The van der Waals surface area contributed by atoms with Crippen molar-refractivity contribution in [3.63, 3.8) is 0 Å². The zero-order chi connectivity index (χ0) is 10.3. The average molecular weight is 194 g/mol. The molecule has 1 heterocycles. The maximum absolute atomic E-state index is 5.92. The number of nitrogens with two attached hydrogens (primary N) is 1. The Balaban J connectivity index is 2.09. The van der Waals surface area contributed by atoms with Gasteiger partial charge in [0.15, 0.2) is 0 Å². The van der Waals surface area contributed by atoms with Gasteiger partial charge in [-0.2, -0.15) is 5.10 Å². The fourth-order valence-electron chi connectivity index (χ4n) is 2.06. The van der Waals surface area contributed by atoms with E-state index in [1.54, 1.807) is 0 Å². The third kappa shape index (κ3) is 1.45. The van der Waals surface area contributed by atoms with Crippen LogP contribution in [-0.2, 0) is 7.05 Å². The molecule has 1 fully saturated rings. The SMILES string of the molecule is Cc1nn(C)c(NC2CC(C)C2)c1N. The zero-order valence-corrected chi connectivity index (χ0v) is 9.04. The molecule has 0 saturated heterocycles. The van der Waals surface area contributed by atoms with E-state index in [4.69, 9.17) is 5.73 Å². The normalized spacial score (nSPS) is 25.9. The summed E-state index contributed by atoms with van der Waals surface area (Å²) in [6.45, 7) is 4.21. The van der Waals surface area contributed by atoms with E-state index in [1.807, 2.05) is 18.7 Å². The third-order valence-electron chi connectivity index (χ3n) is 2.98. The number of hydrogen-bond acceptors (Lipinski definition) is 3. The minimum Gasteiger partial charge on any atom is -0.394 e. The van der Waals surface area contributed by atoms with Crippen molar-refractivity contribution in [2.45, 2.75) is 32.7 Å². The summed E-state index contributed by atoms with van der Waals surface area (Å²) in [6, 6.07) is 0.585. The van der Waals surface area contributed by atoms with E-state index in [0.717, 1.165) is 23.1 Å². The Hall–Kier alpha value is -1.19. The van der Waals surface area contributed by atoms with Gasteiger partial charge in [-0.05, 0) is 25.7 Å². The fraction of sp³-hybridized carbons (Fsp3) is 0.700. The van der Waals surface area contributed by atoms with Gasteiger partial charge >= 0.3 is 0 Å². The number of nitrogen functional groups attached to an aromatic ring is 1. The molecule has 4 heteroatoms. The first-order valence-electron chi connectivity index (χ1n) is 5.13. The molecule has 2 rings (SSSR count). The Bertz CT molecular complexity index is 336. The Labute approximate surface area is 84.5 Å². The van der Waals surface area contributed by atoms with Crippen LogP contribution in [0.4, 0.5) is 11.5 Å². The highest BCUT2D eigenvalue weighted by Gasteiger charge is 2.26. The molecule has 0 bridgehead atoms. The van der Waals surface area contributed by atoms with Crippen molar-refractivity contribution >= 4 is 11.5 Å². The second-order valence-corrected chi connectivity index (χ2v) is 4.39. The van der Waals surface area contributed by atoms with Gasteiger partial charge in [-0.15, -0.1) is 0 Å². The van der Waals surface area contributed by atoms with Crippen LogP contribution in [-0.4, -0.2) is 15.8 Å². The smallest absolute Gasteiger partial charge is 0.147 e. The van der Waals surface area contributed by atoms with Gasteiger partial charge in [0.05, 0.1) is 11.4 Å². The molecule has 0 unspecified atom stereocenters. The topological polar surface area (TPSA) is 55.9 Å². The van der Waals surface area contributed by atoms with Gasteiger partial charge in [0.25, 0.3) is 0 Å². The van der Waals surface area contributed by atoms with Crippen LogP contribution in [0.1, 0.15) is 25.5 Å². The summed E-state index contributed by atoms with van der Waals surface area (Å²) < 4.78 is 1.83. The zero-order valence-electron chi connectivity index (χ0n) is 9.04. The molecule has 1 saturated carbocycles. The van der Waals surface area contributed by atoms with Gasteiger partial charge in [-0.3, -0.25) is 4.68 Å². The molecule has 14 heavy (non-hydrogen) atoms. The summed E-state index contributed by atoms with van der Waals surface area (Å²) in [5.41, 5.74) is 7.61. The molecule has 0 aromatic carbocycles. The number of hydrogen-bond donors (Lipinski definition) is 2. The molecule has 0 amide bonds. The molecule has 3 N–H and O–H groups in total. The van der Waals surface area contributed by atoms with Crippen LogP contribution in [0, 0.1) is 12.8 Å². The van der Waals surface area contributed by atoms with Crippen LogP contribution >= 0.6 is 0 Å². The summed E-state index contributed by atoms with van der Waals surface area (Å²) in [4.78, 5) is 0. The minimum absolute atomic E-state index is 0.585. The Morgan fingerprint density at radius 1 is 1.50 bits per heavy atom. The highest BCUT2D eigenvalue weighted by Crippen LogP contribution is 2.31. The third-order valence-corrected chi connectivity index (χ3v) is 2.98. The van der Waals surface area contributed by atoms with E-state index < -0.39 is 0 Å². The first kappa shape index (κ1) is 9.37. The second kappa shape index (κ2) is 3.19. The van der Waals surface area contributed by atoms with E-state index in [0.29, 0.717) is 6.04 Å². The van der Waals surface area contributed by atoms with Crippen LogP contribution in [0.25, 0.3) is 0 Å². The Morgan fingerprint density at radius 2 is 2.14 bits per heavy atom. The lowest BCUT2D eigenvalue weighted by atomic mass is 9.82. The van der Waals surface area contributed by atoms with Crippen molar-refractivity contribution in [2.75, 3.05) is 11.1 Å². The minimum atomic E-state index is 0.585. The number of nitrogens with one attached hydrogen (secondary N) is 1. The van der Waals surface area contributed by atoms with Crippen molar-refractivity contribution in [2.24, 2.45) is 13.0 Å². The van der Waals surface area contributed by atoms with Crippen LogP contribution < -0.4 is 11.1 Å². The molecule has 1 aromatic rings. The van der Waals surface area contributed by atoms with Crippen molar-refractivity contribution < 1.29 is 0 Å². The van der Waals surface area contributed by atoms with Gasteiger partial charge in [-0.25, -0.2) is 0 Å². The van der Waals surface area contributed by atoms with Crippen molar-refractivity contribution in [3.8, 4) is 0 Å². The molecule has 1 aliphatic carbocycles. The summed E-state index contributed by atoms with van der Waals surface area (Å²) >= 11 is 0. The predicted octanol–water partition coefficient (Wildman–Crippen LogP) is 1.52. The summed E-state index contributed by atoms with van der Waals surface area (Å²) in [5.74, 6) is 1.82. The second-order valence-electron chi connectivity index (χ2n) is 4.39. The fourth-order valence-corrected chi connectivity index (χ4v) is 2.06. The van der Waals surface area contributed by atoms with E-state index in [2.05, 4.69) is 17.3 Å². The van der Waals surface area contributed by atoms with Gasteiger partial charge in [-0.1, -0.05) is 6.92 Å². The molecule has 78 valence electrons. The Morgan fingerprint density at radius 3 is 2.57 bits per heavy atom. The van der Waals surface area contributed by atoms with Crippen LogP contribution in [0.5, 0.6) is 0 Å². The first-order chi connectivity index (χ1) is 6.58. The molecule has 4 nitrogen and oxygen atoms in total. The van der Waals surface area contributed by atoms with Crippen molar-refractivity contribution in [3.05, 3.63) is 5.69 Å². The van der Waals surface area contributed by atoms with Crippen molar-refractivity contribution in [1.82, 2.24) is 9.78 Å². The summed E-state index contributed by atoms with van der Waals surface area (Å²) in [7, 11) is 1.92. The molecule has 0 spiro atoms. The van der Waals surface area contributed by atoms with Crippen LogP contribution in [0.2, 0.25) is 0 Å². The first-order valence-corrected chi connectivity index (χ1v) is 5.13. The van der Waals surface area contributed by atoms with Crippen molar-refractivity contribution in [1.29, 1.82) is 0 Å². The number of anilines is 2. The van der Waals surface area contributed by atoms with Crippen LogP contribution in [0.15, 0.2) is 0 Å². The molecule has 0 radical (unpaired) electrons. The molecular weight excluding hydrogens is 176 g/mol. The number of rotatable bonds is 2. The van der Waals surface area contributed by atoms with E-state index in [9.17, 15) is 0 Å². The molecule has 1 aliphatic rings. The Kier molecular flexibility index (Phi) is 2.13. The molecular formula is C10H18N4. The molecule has 1 aromatic heterocycles. The van der Waals surface area contributed by atoms with E-state index in [-0.39, 0.29) is 0 Å². The van der Waals surface area contributed by atoms with Gasteiger partial charge < -0.3 is 11.1 Å². The maximum atomic E-state index is 5.92. The highest BCUT2D eigenvalue weighted by molar-refractivity contribution is 5.65. The van der Waals surface area contributed by atoms with Crippen LogP contribution in [0.3, 0.4) is 0 Å². The molecule has 0 aliphatic heterocycles. The standard InChI is InChI=1S/C10H18N4/c1-6-4-8(5-6)12-10-9(11)7(2)13-14(10)3/h6,8,12H,4-5,11H2,1-3H3. The van der Waals surface area contributed by atoms with E-state index >= 15 is 0 Å². The number of aromatic nitrogens is 2. The lowest BCUT2D eigenvalue weighted by molar-refractivity contribution is 0.308. The summed E-state index contributed by atoms with van der Waals surface area (Å²) in [5, 5.41) is 7.71. The predicted molar refractivity (Wildman–Crippen MR) is 58.2 cm³/mol. The van der Waals surface area contributed by atoms with Gasteiger partial charge in [0.1, 0.15) is 5.82 Å². The lowest BCUT2D eigenvalue weighted by Gasteiger charge is -2.34. The van der Waals surface area contributed by atoms with Gasteiger partial charge in [0.2, 0.25) is 0 Å². The lowest BCUT2D eigenvalue weighted by Crippen LogP contribution is -2.34.